The molecule has 1 aliphatic heterocycles. The van der Waals surface area contributed by atoms with Crippen molar-refractivity contribution >= 4 is 6.09 Å². The average molecular weight is 389 g/mol. The van der Waals surface area contributed by atoms with E-state index in [1.807, 2.05) is 46.9 Å². The lowest BCUT2D eigenvalue weighted by Crippen LogP contribution is -2.41. The molecule has 0 radical (unpaired) electrons. The molecule has 28 heavy (non-hydrogen) atoms. The van der Waals surface area contributed by atoms with Crippen LogP contribution < -0.4 is 0 Å². The third-order valence-corrected chi connectivity index (χ3v) is 4.94. The Bertz CT molecular complexity index is 768. The van der Waals surface area contributed by atoms with Crippen molar-refractivity contribution in [2.24, 2.45) is 5.92 Å². The molecule has 2 aromatic rings. The first-order valence-electron chi connectivity index (χ1n) is 9.88. The molecule has 7 heteroatoms. The molecule has 0 spiro atoms. The summed E-state index contributed by atoms with van der Waals surface area (Å²) in [5, 5.41) is 0. The predicted molar refractivity (Wildman–Crippen MR) is 106 cm³/mol. The lowest BCUT2D eigenvalue weighted by molar-refractivity contribution is 0.0248. The maximum atomic E-state index is 12.1. The minimum absolute atomic E-state index is 0.251. The van der Waals surface area contributed by atoms with E-state index in [0.29, 0.717) is 17.6 Å². The molecule has 1 saturated heterocycles. The molecule has 1 fully saturated rings. The van der Waals surface area contributed by atoms with Gasteiger partial charge in [-0.3, -0.25) is 4.90 Å². The van der Waals surface area contributed by atoms with Crippen molar-refractivity contribution in [3.8, 4) is 11.7 Å². The first-order chi connectivity index (χ1) is 13.2. The fraction of sp³-hybridized carbons (Fsp3) is 0.619. The molecule has 1 amide bonds. The van der Waals surface area contributed by atoms with Gasteiger partial charge in [-0.15, -0.1) is 0 Å². The monoisotopic (exact) mass is 389 g/mol. The summed E-state index contributed by atoms with van der Waals surface area (Å²) in [5.41, 5.74) is 0.495. The number of furan rings is 1. The van der Waals surface area contributed by atoms with Crippen LogP contribution in [-0.4, -0.2) is 53.2 Å². The number of rotatable bonds is 5. The van der Waals surface area contributed by atoms with E-state index in [1.165, 1.54) is 0 Å². The number of ether oxygens (including phenoxy) is 1. The Hall–Kier alpha value is -2.28. The van der Waals surface area contributed by atoms with Gasteiger partial charge in [0.2, 0.25) is 0 Å². The van der Waals surface area contributed by atoms with Gasteiger partial charge in [0.05, 0.1) is 12.0 Å². The number of hydrogen-bond acceptors (Lipinski definition) is 6. The van der Waals surface area contributed by atoms with Gasteiger partial charge in [-0.25, -0.2) is 9.78 Å². The first-order valence-corrected chi connectivity index (χ1v) is 9.88. The average Bonchev–Trinajstić information content (AvgIpc) is 3.25. The quantitative estimate of drug-likeness (QED) is 0.758. The van der Waals surface area contributed by atoms with Crippen molar-refractivity contribution in [1.29, 1.82) is 0 Å². The predicted octanol–water partition coefficient (Wildman–Crippen LogP) is 4.32. The lowest BCUT2D eigenvalue weighted by atomic mass is 9.96. The molecule has 7 nitrogen and oxygen atoms in total. The highest BCUT2D eigenvalue weighted by Gasteiger charge is 2.26. The minimum atomic E-state index is -0.460. The van der Waals surface area contributed by atoms with Crippen LogP contribution in [0.5, 0.6) is 0 Å². The van der Waals surface area contributed by atoms with Crippen LogP contribution in [0.25, 0.3) is 11.7 Å². The Balaban J connectivity index is 1.48. The van der Waals surface area contributed by atoms with Gasteiger partial charge < -0.3 is 18.5 Å². The van der Waals surface area contributed by atoms with Crippen LogP contribution in [0.4, 0.5) is 4.79 Å². The Kier molecular flexibility index (Phi) is 6.13. The number of piperidine rings is 1. The van der Waals surface area contributed by atoms with Gasteiger partial charge >= 0.3 is 6.09 Å². The third-order valence-electron chi connectivity index (χ3n) is 4.94. The number of aryl methyl sites for hydroxylation is 1. The summed E-state index contributed by atoms with van der Waals surface area (Å²) in [6, 6.07) is 3.68. The fourth-order valence-electron chi connectivity index (χ4n) is 3.42. The van der Waals surface area contributed by atoms with Crippen molar-refractivity contribution in [3.05, 3.63) is 29.9 Å². The zero-order chi connectivity index (χ0) is 20.3. The zero-order valence-electron chi connectivity index (χ0n) is 17.5. The highest BCUT2D eigenvalue weighted by Crippen LogP contribution is 2.25. The van der Waals surface area contributed by atoms with E-state index in [4.69, 9.17) is 13.6 Å². The highest BCUT2D eigenvalue weighted by atomic mass is 16.6. The minimum Gasteiger partial charge on any atom is -0.459 e. The van der Waals surface area contributed by atoms with E-state index in [0.717, 1.165) is 50.5 Å². The fourth-order valence-corrected chi connectivity index (χ4v) is 3.42. The van der Waals surface area contributed by atoms with Crippen LogP contribution in [0.2, 0.25) is 0 Å². The molecule has 0 atom stereocenters. The number of oxazole rings is 1. The molecule has 0 saturated carbocycles. The molecule has 3 heterocycles. The molecule has 2 aromatic heterocycles. The molecule has 0 aromatic carbocycles. The maximum Gasteiger partial charge on any atom is 0.410 e. The second-order valence-electron chi connectivity index (χ2n) is 8.58. The molecule has 0 N–H and O–H groups in total. The van der Waals surface area contributed by atoms with Gasteiger partial charge in [0.25, 0.3) is 5.89 Å². The van der Waals surface area contributed by atoms with E-state index < -0.39 is 5.60 Å². The summed E-state index contributed by atoms with van der Waals surface area (Å²) in [5.74, 6) is 2.51. The normalized spacial score (nSPS) is 16.3. The standard InChI is InChI=1S/C21H31N3O4/c1-15-17(22-19(27-15)18-7-6-12-26-18)14-24-10-8-16(9-11-24)13-23(5)20(25)28-21(2,3)4/h6-7,12,16H,8-11,13-14H2,1-5H3. The van der Waals surface area contributed by atoms with Crippen molar-refractivity contribution in [3.63, 3.8) is 0 Å². The molecule has 3 rings (SSSR count). The third kappa shape index (κ3) is 5.38. The van der Waals surface area contributed by atoms with E-state index in [-0.39, 0.29) is 6.09 Å². The molecule has 154 valence electrons. The molecular weight excluding hydrogens is 358 g/mol. The van der Waals surface area contributed by atoms with E-state index in [2.05, 4.69) is 9.88 Å². The van der Waals surface area contributed by atoms with Gasteiger partial charge in [-0.2, -0.15) is 0 Å². The Morgan fingerprint density at radius 1 is 1.36 bits per heavy atom. The Morgan fingerprint density at radius 2 is 2.07 bits per heavy atom. The summed E-state index contributed by atoms with van der Waals surface area (Å²) in [7, 11) is 1.81. The van der Waals surface area contributed by atoms with Gasteiger partial charge in [0, 0.05) is 20.1 Å². The van der Waals surface area contributed by atoms with E-state index in [1.54, 1.807) is 11.2 Å². The zero-order valence-corrected chi connectivity index (χ0v) is 17.5. The summed E-state index contributed by atoms with van der Waals surface area (Å²) < 4.78 is 16.6. The van der Waals surface area contributed by atoms with Crippen molar-refractivity contribution < 1.29 is 18.4 Å². The lowest BCUT2D eigenvalue weighted by Gasteiger charge is -2.34. The molecule has 0 bridgehead atoms. The number of hydrogen-bond donors (Lipinski definition) is 0. The van der Waals surface area contributed by atoms with Crippen molar-refractivity contribution in [2.75, 3.05) is 26.7 Å². The molecule has 1 aliphatic rings. The number of likely N-dealkylation sites (tertiary alicyclic amines) is 1. The number of carbonyl (C=O) groups is 1. The summed E-state index contributed by atoms with van der Waals surface area (Å²) in [6.07, 6.45) is 3.47. The maximum absolute atomic E-state index is 12.1. The summed E-state index contributed by atoms with van der Waals surface area (Å²) in [6.45, 7) is 11.1. The molecular formula is C21H31N3O4. The van der Waals surface area contributed by atoms with Crippen LogP contribution >= 0.6 is 0 Å². The SMILES string of the molecule is Cc1oc(-c2ccco2)nc1CN1CCC(CN(C)C(=O)OC(C)(C)C)CC1. The summed E-state index contributed by atoms with van der Waals surface area (Å²) >= 11 is 0. The largest absolute Gasteiger partial charge is 0.459 e. The Labute approximate surface area is 166 Å². The van der Waals surface area contributed by atoms with Gasteiger partial charge in [-0.05, 0) is 71.7 Å². The topological polar surface area (TPSA) is 72.0 Å². The van der Waals surface area contributed by atoms with Crippen LogP contribution in [0.3, 0.4) is 0 Å². The molecule has 0 aliphatic carbocycles. The van der Waals surface area contributed by atoms with Crippen LogP contribution in [-0.2, 0) is 11.3 Å². The van der Waals surface area contributed by atoms with Gasteiger partial charge in [-0.1, -0.05) is 0 Å². The second kappa shape index (κ2) is 8.39. The van der Waals surface area contributed by atoms with Crippen LogP contribution in [0.15, 0.2) is 27.2 Å². The second-order valence-corrected chi connectivity index (χ2v) is 8.58. The first kappa shape index (κ1) is 20.5. The molecule has 0 unspecified atom stereocenters. The Morgan fingerprint density at radius 3 is 2.68 bits per heavy atom. The van der Waals surface area contributed by atoms with Gasteiger partial charge in [0.1, 0.15) is 11.4 Å². The van der Waals surface area contributed by atoms with Gasteiger partial charge in [0.15, 0.2) is 5.76 Å². The number of aromatic nitrogens is 1. The van der Waals surface area contributed by atoms with Crippen LogP contribution in [0, 0.1) is 12.8 Å². The van der Waals surface area contributed by atoms with Crippen molar-refractivity contribution in [2.45, 2.75) is 52.7 Å². The highest BCUT2D eigenvalue weighted by molar-refractivity contribution is 5.67. The number of nitrogens with zero attached hydrogens (tertiary/aromatic N) is 3. The number of amides is 1. The smallest absolute Gasteiger partial charge is 0.410 e. The summed E-state index contributed by atoms with van der Waals surface area (Å²) in [4.78, 5) is 20.8. The number of carbonyl (C=O) groups excluding carboxylic acids is 1. The van der Waals surface area contributed by atoms with Crippen LogP contribution in [0.1, 0.15) is 45.1 Å². The van der Waals surface area contributed by atoms with Crippen molar-refractivity contribution in [1.82, 2.24) is 14.8 Å². The van der Waals surface area contributed by atoms with E-state index in [9.17, 15) is 4.79 Å². The van der Waals surface area contributed by atoms with E-state index >= 15 is 0 Å².